The van der Waals surface area contributed by atoms with Crippen molar-refractivity contribution in [3.63, 3.8) is 0 Å². The molecule has 2 aromatic rings. The van der Waals surface area contributed by atoms with E-state index in [-0.39, 0.29) is 12.5 Å². The number of hydrogen-bond donors (Lipinski definition) is 2. The SMILES string of the molecule is Cc1nc(-c2ccccc2)sc1C(=O)NCC1(C(=O)O)CC1. The maximum Gasteiger partial charge on any atom is 0.311 e. The largest absolute Gasteiger partial charge is 0.481 e. The lowest BCUT2D eigenvalue weighted by molar-refractivity contribution is -0.143. The molecule has 0 aliphatic heterocycles. The van der Waals surface area contributed by atoms with Crippen molar-refractivity contribution in [2.45, 2.75) is 19.8 Å². The van der Waals surface area contributed by atoms with Crippen LogP contribution in [-0.2, 0) is 4.79 Å². The minimum absolute atomic E-state index is 0.180. The minimum atomic E-state index is -0.834. The summed E-state index contributed by atoms with van der Waals surface area (Å²) in [4.78, 5) is 28.4. The summed E-state index contributed by atoms with van der Waals surface area (Å²) in [6, 6.07) is 9.68. The lowest BCUT2D eigenvalue weighted by Gasteiger charge is -2.10. The maximum absolute atomic E-state index is 12.3. The van der Waals surface area contributed by atoms with Gasteiger partial charge in [-0.05, 0) is 19.8 Å². The number of amides is 1. The first-order valence-corrected chi connectivity index (χ1v) is 7.88. The smallest absolute Gasteiger partial charge is 0.311 e. The molecular weight excluding hydrogens is 300 g/mol. The highest BCUT2D eigenvalue weighted by Crippen LogP contribution is 2.45. The van der Waals surface area contributed by atoms with E-state index in [1.54, 1.807) is 6.92 Å². The number of benzene rings is 1. The average Bonchev–Trinajstić information content (AvgIpc) is 3.22. The Kier molecular flexibility index (Phi) is 3.70. The number of carbonyl (C=O) groups excluding carboxylic acids is 1. The number of hydrogen-bond acceptors (Lipinski definition) is 4. The quantitative estimate of drug-likeness (QED) is 0.889. The summed E-state index contributed by atoms with van der Waals surface area (Å²) >= 11 is 1.33. The van der Waals surface area contributed by atoms with Crippen molar-refractivity contribution in [3.05, 3.63) is 40.9 Å². The van der Waals surface area contributed by atoms with E-state index in [4.69, 9.17) is 5.11 Å². The number of carbonyl (C=O) groups is 2. The number of carboxylic acid groups (broad SMARTS) is 1. The van der Waals surface area contributed by atoms with E-state index >= 15 is 0 Å². The van der Waals surface area contributed by atoms with Crippen molar-refractivity contribution in [2.24, 2.45) is 5.41 Å². The fourth-order valence-electron chi connectivity index (χ4n) is 2.26. The second-order valence-electron chi connectivity index (χ2n) is 5.57. The number of nitrogens with zero attached hydrogens (tertiary/aromatic N) is 1. The zero-order valence-electron chi connectivity index (χ0n) is 12.1. The highest BCUT2D eigenvalue weighted by atomic mass is 32.1. The first-order valence-electron chi connectivity index (χ1n) is 7.06. The first-order chi connectivity index (χ1) is 10.5. The molecule has 1 aliphatic carbocycles. The number of thiazole rings is 1. The lowest BCUT2D eigenvalue weighted by Crippen LogP contribution is -2.34. The van der Waals surface area contributed by atoms with Crippen LogP contribution in [0.3, 0.4) is 0 Å². The Bertz CT molecular complexity index is 720. The third-order valence-corrected chi connectivity index (χ3v) is 5.12. The fraction of sp³-hybridized carbons (Fsp3) is 0.312. The highest BCUT2D eigenvalue weighted by molar-refractivity contribution is 7.17. The van der Waals surface area contributed by atoms with Crippen LogP contribution in [0.25, 0.3) is 10.6 Å². The molecule has 1 heterocycles. The topological polar surface area (TPSA) is 79.3 Å². The first kappa shape index (κ1) is 14.7. The normalized spacial score (nSPS) is 15.3. The van der Waals surface area contributed by atoms with Crippen LogP contribution < -0.4 is 5.32 Å². The van der Waals surface area contributed by atoms with Crippen molar-refractivity contribution < 1.29 is 14.7 Å². The van der Waals surface area contributed by atoms with Crippen LogP contribution in [0, 0.1) is 12.3 Å². The van der Waals surface area contributed by atoms with Crippen molar-refractivity contribution in [2.75, 3.05) is 6.54 Å². The van der Waals surface area contributed by atoms with Gasteiger partial charge in [-0.15, -0.1) is 11.3 Å². The van der Waals surface area contributed by atoms with Crippen molar-refractivity contribution in [1.82, 2.24) is 10.3 Å². The lowest BCUT2D eigenvalue weighted by atomic mass is 10.1. The van der Waals surface area contributed by atoms with E-state index < -0.39 is 11.4 Å². The molecule has 2 N–H and O–H groups in total. The fourth-order valence-corrected chi connectivity index (χ4v) is 3.25. The minimum Gasteiger partial charge on any atom is -0.481 e. The monoisotopic (exact) mass is 316 g/mol. The number of aryl methyl sites for hydroxylation is 1. The molecule has 22 heavy (non-hydrogen) atoms. The third kappa shape index (κ3) is 2.74. The van der Waals surface area contributed by atoms with Gasteiger partial charge in [0, 0.05) is 12.1 Å². The van der Waals surface area contributed by atoms with Gasteiger partial charge in [0.05, 0.1) is 11.1 Å². The van der Waals surface area contributed by atoms with Crippen molar-refractivity contribution >= 4 is 23.2 Å². The van der Waals surface area contributed by atoms with Crippen LogP contribution in [-0.4, -0.2) is 28.5 Å². The van der Waals surface area contributed by atoms with Gasteiger partial charge in [0.25, 0.3) is 5.91 Å². The summed E-state index contributed by atoms with van der Waals surface area (Å²) in [5, 5.41) is 12.7. The zero-order chi connectivity index (χ0) is 15.7. The highest BCUT2D eigenvalue weighted by Gasteiger charge is 2.50. The molecule has 1 amide bonds. The Labute approximate surface area is 132 Å². The number of carboxylic acids is 1. The van der Waals surface area contributed by atoms with Gasteiger partial charge in [0.1, 0.15) is 9.88 Å². The van der Waals surface area contributed by atoms with Gasteiger partial charge in [-0.25, -0.2) is 4.98 Å². The van der Waals surface area contributed by atoms with Crippen LogP contribution in [0.1, 0.15) is 28.2 Å². The molecule has 0 radical (unpaired) electrons. The molecule has 3 rings (SSSR count). The summed E-state index contributed by atoms with van der Waals surface area (Å²) in [6.07, 6.45) is 1.25. The van der Waals surface area contributed by atoms with Gasteiger partial charge in [0.15, 0.2) is 0 Å². The summed E-state index contributed by atoms with van der Waals surface area (Å²) < 4.78 is 0. The van der Waals surface area contributed by atoms with Crippen LogP contribution in [0.5, 0.6) is 0 Å². The number of nitrogens with one attached hydrogen (secondary N) is 1. The van der Waals surface area contributed by atoms with Crippen molar-refractivity contribution in [3.8, 4) is 10.6 Å². The average molecular weight is 316 g/mol. The summed E-state index contributed by atoms with van der Waals surface area (Å²) in [5.41, 5.74) is 0.886. The molecular formula is C16H16N2O3S. The Morgan fingerprint density at radius 3 is 2.59 bits per heavy atom. The molecule has 0 spiro atoms. The molecule has 1 saturated carbocycles. The molecule has 0 unspecified atom stereocenters. The van der Waals surface area contributed by atoms with Gasteiger partial charge >= 0.3 is 5.97 Å². The third-order valence-electron chi connectivity index (χ3n) is 3.92. The van der Waals surface area contributed by atoms with Crippen LogP contribution in [0.15, 0.2) is 30.3 Å². The Morgan fingerprint density at radius 1 is 1.32 bits per heavy atom. The van der Waals surface area contributed by atoms with E-state index in [1.807, 2.05) is 30.3 Å². The molecule has 114 valence electrons. The van der Waals surface area contributed by atoms with E-state index in [0.29, 0.717) is 23.4 Å². The maximum atomic E-state index is 12.3. The Balaban J connectivity index is 1.74. The standard InChI is InChI=1S/C16H16N2O3S/c1-10-12(13(19)17-9-16(7-8-16)15(20)21)22-14(18-10)11-5-3-2-4-6-11/h2-6H,7-9H2,1H3,(H,17,19)(H,20,21). The van der Waals surface area contributed by atoms with Gasteiger partial charge < -0.3 is 10.4 Å². The van der Waals surface area contributed by atoms with E-state index in [1.165, 1.54) is 11.3 Å². The van der Waals surface area contributed by atoms with Crippen LogP contribution >= 0.6 is 11.3 Å². The number of aliphatic carboxylic acids is 1. The van der Waals surface area contributed by atoms with E-state index in [9.17, 15) is 9.59 Å². The molecule has 0 atom stereocenters. The van der Waals surface area contributed by atoms with Gasteiger partial charge in [-0.3, -0.25) is 9.59 Å². The molecule has 0 bridgehead atoms. The number of rotatable bonds is 5. The molecule has 1 aromatic carbocycles. The zero-order valence-corrected chi connectivity index (χ0v) is 12.9. The van der Waals surface area contributed by atoms with Gasteiger partial charge in [-0.1, -0.05) is 30.3 Å². The second kappa shape index (κ2) is 5.53. The molecule has 5 nitrogen and oxygen atoms in total. The second-order valence-corrected chi connectivity index (χ2v) is 6.57. The van der Waals surface area contributed by atoms with E-state index in [0.717, 1.165) is 10.6 Å². The van der Waals surface area contributed by atoms with Crippen LogP contribution in [0.4, 0.5) is 0 Å². The predicted octanol–water partition coefficient (Wildman–Crippen LogP) is 2.71. The van der Waals surface area contributed by atoms with Gasteiger partial charge in [-0.2, -0.15) is 0 Å². The molecule has 1 fully saturated rings. The Hall–Kier alpha value is -2.21. The van der Waals surface area contributed by atoms with E-state index in [2.05, 4.69) is 10.3 Å². The van der Waals surface area contributed by atoms with Gasteiger partial charge in [0.2, 0.25) is 0 Å². The van der Waals surface area contributed by atoms with Crippen LogP contribution in [0.2, 0.25) is 0 Å². The summed E-state index contributed by atoms with van der Waals surface area (Å²) in [7, 11) is 0. The molecule has 0 saturated heterocycles. The Morgan fingerprint density at radius 2 is 2.00 bits per heavy atom. The predicted molar refractivity (Wildman–Crippen MR) is 83.9 cm³/mol. The molecule has 1 aliphatic rings. The van der Waals surface area contributed by atoms with Crippen molar-refractivity contribution in [1.29, 1.82) is 0 Å². The number of aromatic nitrogens is 1. The summed E-state index contributed by atoms with van der Waals surface area (Å²) in [6.45, 7) is 1.97. The summed E-state index contributed by atoms with van der Waals surface area (Å²) in [5.74, 6) is -1.08. The molecule has 1 aromatic heterocycles. The molecule has 6 heteroatoms.